The zero-order valence-corrected chi connectivity index (χ0v) is 10.8. The van der Waals surface area contributed by atoms with Gasteiger partial charge < -0.3 is 15.3 Å². The standard InChI is InChI=1S/C13H23NO3/c1-13(2,17-12(14)16)9-11-5-3-10(4-6-11)7-8-15/h8,10-11H,3-7,9H2,1-2H3,(H2,14,16)/t10-,11-. The predicted molar refractivity (Wildman–Crippen MR) is 65.5 cm³/mol. The van der Waals surface area contributed by atoms with E-state index < -0.39 is 11.7 Å². The molecule has 0 aromatic carbocycles. The molecule has 0 radical (unpaired) electrons. The number of carbonyl (C=O) groups excluding carboxylic acids is 2. The van der Waals surface area contributed by atoms with Crippen LogP contribution in [-0.2, 0) is 9.53 Å². The monoisotopic (exact) mass is 241 g/mol. The third kappa shape index (κ3) is 5.20. The molecule has 0 unspecified atom stereocenters. The van der Waals surface area contributed by atoms with Gasteiger partial charge in [-0.1, -0.05) is 12.8 Å². The maximum atomic E-state index is 10.8. The van der Waals surface area contributed by atoms with Gasteiger partial charge >= 0.3 is 6.09 Å². The fourth-order valence-electron chi connectivity index (χ4n) is 2.82. The Hall–Kier alpha value is -1.06. The second-order valence-electron chi connectivity index (χ2n) is 5.67. The molecule has 4 nitrogen and oxygen atoms in total. The van der Waals surface area contributed by atoms with Gasteiger partial charge in [-0.05, 0) is 44.9 Å². The van der Waals surface area contributed by atoms with Gasteiger partial charge in [0.1, 0.15) is 11.9 Å². The molecule has 98 valence electrons. The van der Waals surface area contributed by atoms with Gasteiger partial charge in [-0.2, -0.15) is 0 Å². The molecule has 0 spiro atoms. The smallest absolute Gasteiger partial charge is 0.405 e. The van der Waals surface area contributed by atoms with Crippen molar-refractivity contribution in [1.82, 2.24) is 0 Å². The summed E-state index contributed by atoms with van der Waals surface area (Å²) in [6, 6.07) is 0. The molecule has 0 saturated heterocycles. The number of aldehydes is 1. The van der Waals surface area contributed by atoms with Crippen molar-refractivity contribution < 1.29 is 14.3 Å². The minimum absolute atomic E-state index is 0.478. The summed E-state index contributed by atoms with van der Waals surface area (Å²) in [4.78, 5) is 21.2. The zero-order chi connectivity index (χ0) is 12.9. The van der Waals surface area contributed by atoms with Crippen LogP contribution in [0.4, 0.5) is 4.79 Å². The van der Waals surface area contributed by atoms with Gasteiger partial charge in [0.25, 0.3) is 0 Å². The van der Waals surface area contributed by atoms with Gasteiger partial charge in [0.15, 0.2) is 0 Å². The second kappa shape index (κ2) is 6.03. The summed E-state index contributed by atoms with van der Waals surface area (Å²) in [5, 5.41) is 0. The molecule has 2 N–H and O–H groups in total. The van der Waals surface area contributed by atoms with Gasteiger partial charge in [0.05, 0.1) is 0 Å². The van der Waals surface area contributed by atoms with Gasteiger partial charge in [-0.25, -0.2) is 4.79 Å². The fraction of sp³-hybridized carbons (Fsp3) is 0.846. The summed E-state index contributed by atoms with van der Waals surface area (Å²) < 4.78 is 5.10. The highest BCUT2D eigenvalue weighted by molar-refractivity contribution is 5.65. The van der Waals surface area contributed by atoms with Gasteiger partial charge in [0, 0.05) is 6.42 Å². The van der Waals surface area contributed by atoms with Crippen LogP contribution in [0.2, 0.25) is 0 Å². The van der Waals surface area contributed by atoms with Crippen molar-refractivity contribution in [2.24, 2.45) is 17.6 Å². The van der Waals surface area contributed by atoms with Crippen molar-refractivity contribution in [3.63, 3.8) is 0 Å². The highest BCUT2D eigenvalue weighted by Gasteiger charge is 2.29. The molecular weight excluding hydrogens is 218 g/mol. The quantitative estimate of drug-likeness (QED) is 0.752. The number of ether oxygens (including phenoxy) is 1. The lowest BCUT2D eigenvalue weighted by molar-refractivity contribution is -0.108. The molecule has 17 heavy (non-hydrogen) atoms. The summed E-state index contributed by atoms with van der Waals surface area (Å²) in [6.45, 7) is 3.80. The number of amides is 1. The van der Waals surface area contributed by atoms with Gasteiger partial charge in [0.2, 0.25) is 0 Å². The molecule has 1 rings (SSSR count). The molecule has 0 atom stereocenters. The Morgan fingerprint density at radius 3 is 2.29 bits per heavy atom. The highest BCUT2D eigenvalue weighted by Crippen LogP contribution is 2.35. The van der Waals surface area contributed by atoms with E-state index in [1.165, 1.54) is 0 Å². The molecule has 0 heterocycles. The lowest BCUT2D eigenvalue weighted by atomic mass is 9.77. The first-order valence-corrected chi connectivity index (χ1v) is 6.35. The molecule has 1 aliphatic carbocycles. The lowest BCUT2D eigenvalue weighted by Gasteiger charge is -2.33. The van der Waals surface area contributed by atoms with Crippen LogP contribution in [0.15, 0.2) is 0 Å². The second-order valence-corrected chi connectivity index (χ2v) is 5.67. The minimum Gasteiger partial charge on any atom is -0.444 e. The first kappa shape index (κ1) is 14.0. The van der Waals surface area contributed by atoms with Crippen LogP contribution >= 0.6 is 0 Å². The Labute approximate surface area is 103 Å². The zero-order valence-electron chi connectivity index (χ0n) is 10.8. The molecule has 4 heteroatoms. The van der Waals surface area contributed by atoms with E-state index in [1.807, 2.05) is 13.8 Å². The Morgan fingerprint density at radius 2 is 1.82 bits per heavy atom. The van der Waals surface area contributed by atoms with Crippen molar-refractivity contribution in [2.45, 2.75) is 58.0 Å². The predicted octanol–water partition coefficient (Wildman–Crippen LogP) is 2.65. The molecule has 0 aromatic heterocycles. The summed E-state index contributed by atoms with van der Waals surface area (Å²) in [5.41, 5.74) is 4.57. The van der Waals surface area contributed by atoms with E-state index in [0.29, 0.717) is 18.3 Å². The van der Waals surface area contributed by atoms with E-state index in [0.717, 1.165) is 38.4 Å². The first-order chi connectivity index (χ1) is 7.93. The SMILES string of the molecule is CC(C)(C[C@H]1CC[C@H](CC=O)CC1)OC(N)=O. The van der Waals surface area contributed by atoms with Crippen molar-refractivity contribution in [3.8, 4) is 0 Å². The van der Waals surface area contributed by atoms with E-state index in [9.17, 15) is 9.59 Å². The average molecular weight is 241 g/mol. The normalized spacial score (nSPS) is 25.3. The maximum Gasteiger partial charge on any atom is 0.405 e. The summed E-state index contributed by atoms with van der Waals surface area (Å²) in [6.07, 6.45) is 6.30. The maximum absolute atomic E-state index is 10.8. The highest BCUT2D eigenvalue weighted by atomic mass is 16.6. The van der Waals surface area contributed by atoms with E-state index >= 15 is 0 Å². The van der Waals surface area contributed by atoms with Crippen molar-refractivity contribution in [1.29, 1.82) is 0 Å². The van der Waals surface area contributed by atoms with Crippen LogP contribution in [0.25, 0.3) is 0 Å². The van der Waals surface area contributed by atoms with Crippen LogP contribution in [0.5, 0.6) is 0 Å². The molecule has 1 amide bonds. The van der Waals surface area contributed by atoms with Crippen LogP contribution in [0.3, 0.4) is 0 Å². The van der Waals surface area contributed by atoms with Gasteiger partial charge in [-0.3, -0.25) is 0 Å². The summed E-state index contributed by atoms with van der Waals surface area (Å²) in [7, 11) is 0. The number of carbonyl (C=O) groups is 2. The first-order valence-electron chi connectivity index (χ1n) is 6.35. The van der Waals surface area contributed by atoms with Crippen LogP contribution in [-0.4, -0.2) is 18.0 Å². The van der Waals surface area contributed by atoms with Crippen LogP contribution in [0, 0.1) is 11.8 Å². The van der Waals surface area contributed by atoms with Crippen LogP contribution < -0.4 is 5.73 Å². The Bertz CT molecular complexity index is 268. The Balaban J connectivity index is 2.34. The number of primary amides is 1. The largest absolute Gasteiger partial charge is 0.444 e. The van der Waals surface area contributed by atoms with Crippen molar-refractivity contribution in [3.05, 3.63) is 0 Å². The third-order valence-corrected chi connectivity index (χ3v) is 3.55. The molecule has 0 aliphatic heterocycles. The molecule has 1 aliphatic rings. The molecule has 0 aromatic rings. The van der Waals surface area contributed by atoms with E-state index in [-0.39, 0.29) is 0 Å². The molecule has 1 fully saturated rings. The van der Waals surface area contributed by atoms with Gasteiger partial charge in [-0.15, -0.1) is 0 Å². The molecule has 1 saturated carbocycles. The Morgan fingerprint density at radius 1 is 1.29 bits per heavy atom. The summed E-state index contributed by atoms with van der Waals surface area (Å²) >= 11 is 0. The number of hydrogen-bond acceptors (Lipinski definition) is 3. The fourth-order valence-corrected chi connectivity index (χ4v) is 2.82. The third-order valence-electron chi connectivity index (χ3n) is 3.55. The Kier molecular flexibility index (Phi) is 4.97. The minimum atomic E-state index is -0.704. The van der Waals surface area contributed by atoms with Crippen molar-refractivity contribution in [2.75, 3.05) is 0 Å². The number of hydrogen-bond donors (Lipinski definition) is 1. The van der Waals surface area contributed by atoms with Crippen molar-refractivity contribution >= 4 is 12.4 Å². The number of rotatable bonds is 5. The molecule has 0 bridgehead atoms. The topological polar surface area (TPSA) is 69.4 Å². The average Bonchev–Trinajstić information content (AvgIpc) is 2.18. The van der Waals surface area contributed by atoms with Crippen LogP contribution in [0.1, 0.15) is 52.4 Å². The summed E-state index contributed by atoms with van der Waals surface area (Å²) in [5.74, 6) is 1.14. The van der Waals surface area contributed by atoms with E-state index in [2.05, 4.69) is 0 Å². The van der Waals surface area contributed by atoms with E-state index in [1.54, 1.807) is 0 Å². The van der Waals surface area contributed by atoms with E-state index in [4.69, 9.17) is 10.5 Å². The molecular formula is C13H23NO3. The number of nitrogens with two attached hydrogens (primary N) is 1. The lowest BCUT2D eigenvalue weighted by Crippen LogP contribution is -2.34.